The predicted octanol–water partition coefficient (Wildman–Crippen LogP) is 4.92. The Morgan fingerprint density at radius 2 is 1.57 bits per heavy atom. The number of carbonyl (C=O) groups is 1. The van der Waals surface area contributed by atoms with Crippen molar-refractivity contribution in [3.05, 3.63) is 71.8 Å². The van der Waals surface area contributed by atoms with Gasteiger partial charge in [0, 0.05) is 11.8 Å². The van der Waals surface area contributed by atoms with E-state index in [0.29, 0.717) is 29.4 Å². The molecular formula is C26H30N2O6S. The van der Waals surface area contributed by atoms with Crippen molar-refractivity contribution < 1.29 is 27.4 Å². The van der Waals surface area contributed by atoms with Crippen LogP contribution in [-0.4, -0.2) is 34.6 Å². The van der Waals surface area contributed by atoms with Crippen LogP contribution >= 0.6 is 0 Å². The third-order valence-corrected chi connectivity index (χ3v) is 6.89. The van der Waals surface area contributed by atoms with Crippen molar-refractivity contribution >= 4 is 27.3 Å². The van der Waals surface area contributed by atoms with Gasteiger partial charge in [-0.15, -0.1) is 0 Å². The molecule has 0 radical (unpaired) electrons. The number of methoxy groups -OCH3 is 2. The van der Waals surface area contributed by atoms with Gasteiger partial charge in [-0.25, -0.2) is 8.42 Å². The van der Waals surface area contributed by atoms with E-state index >= 15 is 0 Å². The zero-order valence-corrected chi connectivity index (χ0v) is 21.2. The molecule has 0 unspecified atom stereocenters. The zero-order chi connectivity index (χ0) is 25.6. The molecular weight excluding hydrogens is 468 g/mol. The molecule has 3 aromatic rings. The normalized spacial score (nSPS) is 11.9. The number of aryl methyl sites for hydroxylation is 2. The number of nitrogens with one attached hydrogen (secondary N) is 2. The van der Waals surface area contributed by atoms with Crippen LogP contribution in [0.2, 0.25) is 0 Å². The van der Waals surface area contributed by atoms with Crippen LogP contribution in [0.4, 0.5) is 11.4 Å². The number of carbonyl (C=O) groups excluding carboxylic acids is 1. The first-order chi connectivity index (χ1) is 16.7. The van der Waals surface area contributed by atoms with E-state index in [4.69, 9.17) is 14.2 Å². The monoisotopic (exact) mass is 498 g/mol. The van der Waals surface area contributed by atoms with Gasteiger partial charge >= 0.3 is 0 Å². The van der Waals surface area contributed by atoms with Crippen molar-refractivity contribution in [2.24, 2.45) is 0 Å². The molecule has 186 valence electrons. The second-order valence-corrected chi connectivity index (χ2v) is 9.63. The van der Waals surface area contributed by atoms with Crippen LogP contribution in [0, 0.1) is 13.8 Å². The fraction of sp³-hybridized carbons (Fsp3) is 0.269. The van der Waals surface area contributed by atoms with Gasteiger partial charge < -0.3 is 19.5 Å². The average Bonchev–Trinajstić information content (AvgIpc) is 2.85. The average molecular weight is 499 g/mol. The summed E-state index contributed by atoms with van der Waals surface area (Å²) in [4.78, 5) is 12.8. The minimum absolute atomic E-state index is 0.0341. The zero-order valence-electron chi connectivity index (χ0n) is 20.4. The van der Waals surface area contributed by atoms with Crippen LogP contribution in [0.25, 0.3) is 0 Å². The highest BCUT2D eigenvalue weighted by atomic mass is 32.2. The SMILES string of the molecule is CC[C@H](Oc1ccc(C)c(C)c1)C(=O)Nc1ccc(S(=O)(=O)Nc2ccc(OC)cc2OC)cc1. The molecule has 0 aliphatic carbocycles. The van der Waals surface area contributed by atoms with Gasteiger partial charge in [0.2, 0.25) is 0 Å². The minimum Gasteiger partial charge on any atom is -0.497 e. The van der Waals surface area contributed by atoms with Crippen molar-refractivity contribution in [3.63, 3.8) is 0 Å². The summed E-state index contributed by atoms with van der Waals surface area (Å²) in [5, 5.41) is 2.79. The lowest BCUT2D eigenvalue weighted by Gasteiger charge is -2.18. The summed E-state index contributed by atoms with van der Waals surface area (Å²) in [5.74, 6) is 1.17. The highest BCUT2D eigenvalue weighted by molar-refractivity contribution is 7.92. The van der Waals surface area contributed by atoms with Crippen LogP contribution in [-0.2, 0) is 14.8 Å². The van der Waals surface area contributed by atoms with Crippen LogP contribution in [0.5, 0.6) is 17.2 Å². The van der Waals surface area contributed by atoms with Crippen LogP contribution < -0.4 is 24.2 Å². The van der Waals surface area contributed by atoms with Gasteiger partial charge in [-0.1, -0.05) is 13.0 Å². The third-order valence-electron chi connectivity index (χ3n) is 5.51. The van der Waals surface area contributed by atoms with Gasteiger partial charge in [-0.3, -0.25) is 9.52 Å². The Kier molecular flexibility index (Phi) is 8.24. The molecule has 0 saturated heterocycles. The number of hydrogen-bond donors (Lipinski definition) is 2. The second kappa shape index (κ2) is 11.1. The van der Waals surface area contributed by atoms with E-state index in [0.717, 1.165) is 11.1 Å². The lowest BCUT2D eigenvalue weighted by molar-refractivity contribution is -0.122. The number of benzene rings is 3. The molecule has 0 bridgehead atoms. The number of amides is 1. The largest absolute Gasteiger partial charge is 0.497 e. The van der Waals surface area contributed by atoms with E-state index in [9.17, 15) is 13.2 Å². The molecule has 0 heterocycles. The van der Waals surface area contributed by atoms with Crippen LogP contribution in [0.3, 0.4) is 0 Å². The molecule has 0 saturated carbocycles. The fourth-order valence-electron chi connectivity index (χ4n) is 3.30. The van der Waals surface area contributed by atoms with E-state index in [2.05, 4.69) is 10.0 Å². The maximum atomic E-state index is 12.9. The molecule has 0 aromatic heterocycles. The van der Waals surface area contributed by atoms with E-state index < -0.39 is 16.1 Å². The highest BCUT2D eigenvalue weighted by Gasteiger charge is 2.20. The van der Waals surface area contributed by atoms with Gasteiger partial charge in [-0.2, -0.15) is 0 Å². The summed E-state index contributed by atoms with van der Waals surface area (Å²) in [6, 6.07) is 16.3. The summed E-state index contributed by atoms with van der Waals surface area (Å²) < 4.78 is 44.5. The predicted molar refractivity (Wildman–Crippen MR) is 136 cm³/mol. The van der Waals surface area contributed by atoms with Gasteiger partial charge in [0.1, 0.15) is 17.2 Å². The quantitative estimate of drug-likeness (QED) is 0.411. The highest BCUT2D eigenvalue weighted by Crippen LogP contribution is 2.31. The third kappa shape index (κ3) is 6.45. The van der Waals surface area contributed by atoms with E-state index in [-0.39, 0.29) is 16.5 Å². The molecule has 2 N–H and O–H groups in total. The number of anilines is 2. The Balaban J connectivity index is 1.69. The van der Waals surface area contributed by atoms with Crippen molar-refractivity contribution in [2.75, 3.05) is 24.3 Å². The lowest BCUT2D eigenvalue weighted by atomic mass is 10.1. The summed E-state index contributed by atoms with van der Waals surface area (Å²) in [6.45, 7) is 5.86. The molecule has 35 heavy (non-hydrogen) atoms. The molecule has 0 aliphatic rings. The van der Waals surface area contributed by atoms with Gasteiger partial charge in [0.25, 0.3) is 15.9 Å². The Hall–Kier alpha value is -3.72. The number of sulfonamides is 1. The lowest BCUT2D eigenvalue weighted by Crippen LogP contribution is -2.32. The number of ether oxygens (including phenoxy) is 3. The molecule has 0 aliphatic heterocycles. The summed E-state index contributed by atoms with van der Waals surface area (Å²) >= 11 is 0. The molecule has 0 spiro atoms. The minimum atomic E-state index is -3.89. The number of hydrogen-bond acceptors (Lipinski definition) is 6. The Morgan fingerprint density at radius 1 is 0.886 bits per heavy atom. The molecule has 1 atom stereocenters. The fourth-order valence-corrected chi connectivity index (χ4v) is 4.37. The van der Waals surface area contributed by atoms with E-state index in [1.54, 1.807) is 18.2 Å². The topological polar surface area (TPSA) is 103 Å². The van der Waals surface area contributed by atoms with Gasteiger partial charge in [0.15, 0.2) is 6.10 Å². The van der Waals surface area contributed by atoms with Crippen molar-refractivity contribution in [2.45, 2.75) is 38.2 Å². The maximum absolute atomic E-state index is 12.9. The molecule has 0 fully saturated rings. The van der Waals surface area contributed by atoms with E-state index in [1.165, 1.54) is 38.5 Å². The Bertz CT molecular complexity index is 1290. The molecule has 3 rings (SSSR count). The van der Waals surface area contributed by atoms with Crippen LogP contribution in [0.15, 0.2) is 65.6 Å². The first-order valence-electron chi connectivity index (χ1n) is 11.1. The first kappa shape index (κ1) is 25.9. The van der Waals surface area contributed by atoms with Crippen LogP contribution in [0.1, 0.15) is 24.5 Å². The van der Waals surface area contributed by atoms with Crippen molar-refractivity contribution in [1.29, 1.82) is 0 Å². The standard InChI is InChI=1S/C26H30N2O6S/c1-6-24(34-21-10-7-17(2)18(3)15-21)26(29)27-19-8-12-22(13-9-19)35(30,31)28-23-14-11-20(32-4)16-25(23)33-5/h7-16,24,28H,6H2,1-5H3,(H,27,29)/t24-/m0/s1. The molecule has 3 aromatic carbocycles. The van der Waals surface area contributed by atoms with Gasteiger partial charge in [0.05, 0.1) is 24.8 Å². The first-order valence-corrected chi connectivity index (χ1v) is 12.5. The number of rotatable bonds is 10. The smallest absolute Gasteiger partial charge is 0.265 e. The van der Waals surface area contributed by atoms with E-state index in [1.807, 2.05) is 39.0 Å². The molecule has 8 nitrogen and oxygen atoms in total. The summed E-state index contributed by atoms with van der Waals surface area (Å²) in [5.41, 5.74) is 2.96. The second-order valence-electron chi connectivity index (χ2n) is 7.95. The Morgan fingerprint density at radius 3 is 2.17 bits per heavy atom. The molecule has 9 heteroatoms. The maximum Gasteiger partial charge on any atom is 0.265 e. The van der Waals surface area contributed by atoms with Gasteiger partial charge in [-0.05, 0) is 79.9 Å². The van der Waals surface area contributed by atoms with Crippen molar-refractivity contribution in [1.82, 2.24) is 0 Å². The van der Waals surface area contributed by atoms with Crippen molar-refractivity contribution in [3.8, 4) is 17.2 Å². The molecule has 1 amide bonds. The summed E-state index contributed by atoms with van der Waals surface area (Å²) in [7, 11) is -0.935. The Labute approximate surface area is 206 Å². The summed E-state index contributed by atoms with van der Waals surface area (Å²) in [6.07, 6.45) is -0.219.